The molecule has 0 saturated heterocycles. The summed E-state index contributed by atoms with van der Waals surface area (Å²) in [5.41, 5.74) is 3.33. The van der Waals surface area contributed by atoms with E-state index in [0.717, 1.165) is 17.0 Å². The van der Waals surface area contributed by atoms with E-state index in [0.29, 0.717) is 17.4 Å². The second-order valence-electron chi connectivity index (χ2n) is 5.89. The quantitative estimate of drug-likeness (QED) is 0.653. The standard InChI is InChI=1S/C18H18F2N4O2S/c1-11-9-12(2)24(23-11)8-7-16(25)22-18-21-15(10-27-18)13-3-5-14(6-4-13)26-17(19)20/h3-6,9-10,17H,7-8H2,1-2H3,(H,21,22,25). The lowest BCUT2D eigenvalue weighted by atomic mass is 10.2. The van der Waals surface area contributed by atoms with Crippen LogP contribution in [0, 0.1) is 13.8 Å². The first kappa shape index (κ1) is 19.0. The highest BCUT2D eigenvalue weighted by atomic mass is 32.1. The molecule has 0 saturated carbocycles. The number of hydrogen-bond acceptors (Lipinski definition) is 5. The van der Waals surface area contributed by atoms with E-state index in [1.54, 1.807) is 22.2 Å². The number of aryl methyl sites for hydroxylation is 3. The predicted octanol–water partition coefficient (Wildman–Crippen LogP) is 4.25. The number of halogens is 2. The average Bonchev–Trinajstić information content (AvgIpc) is 3.19. The minimum Gasteiger partial charge on any atom is -0.435 e. The largest absolute Gasteiger partial charge is 0.435 e. The van der Waals surface area contributed by atoms with Crippen molar-refractivity contribution < 1.29 is 18.3 Å². The van der Waals surface area contributed by atoms with E-state index in [-0.39, 0.29) is 18.1 Å². The minimum atomic E-state index is -2.86. The van der Waals surface area contributed by atoms with E-state index in [9.17, 15) is 13.6 Å². The number of amides is 1. The van der Waals surface area contributed by atoms with Gasteiger partial charge in [0, 0.05) is 29.6 Å². The first-order chi connectivity index (χ1) is 12.9. The van der Waals surface area contributed by atoms with Crippen molar-refractivity contribution in [2.45, 2.75) is 33.4 Å². The highest BCUT2D eigenvalue weighted by molar-refractivity contribution is 7.14. The number of carbonyl (C=O) groups excluding carboxylic acids is 1. The van der Waals surface area contributed by atoms with Gasteiger partial charge in [0.25, 0.3) is 0 Å². The van der Waals surface area contributed by atoms with Gasteiger partial charge < -0.3 is 10.1 Å². The zero-order chi connectivity index (χ0) is 19.4. The molecule has 1 aromatic carbocycles. The summed E-state index contributed by atoms with van der Waals surface area (Å²) in [6.07, 6.45) is 0.288. The second-order valence-corrected chi connectivity index (χ2v) is 6.75. The van der Waals surface area contributed by atoms with E-state index < -0.39 is 6.61 Å². The van der Waals surface area contributed by atoms with Crippen LogP contribution in [0.25, 0.3) is 11.3 Å². The number of rotatable bonds is 7. The monoisotopic (exact) mass is 392 g/mol. The Balaban J connectivity index is 1.57. The molecule has 0 aliphatic rings. The lowest BCUT2D eigenvalue weighted by Gasteiger charge is -2.05. The van der Waals surface area contributed by atoms with Crippen LogP contribution in [-0.2, 0) is 11.3 Å². The van der Waals surface area contributed by atoms with Crippen LogP contribution in [0.1, 0.15) is 17.8 Å². The van der Waals surface area contributed by atoms with Crippen molar-refractivity contribution in [3.05, 3.63) is 47.1 Å². The summed E-state index contributed by atoms with van der Waals surface area (Å²) < 4.78 is 30.5. The molecule has 0 atom stereocenters. The molecular formula is C18H18F2N4O2S. The summed E-state index contributed by atoms with van der Waals surface area (Å²) in [6, 6.07) is 8.14. The number of nitrogens with one attached hydrogen (secondary N) is 1. The fourth-order valence-electron chi connectivity index (χ4n) is 2.56. The molecule has 6 nitrogen and oxygen atoms in total. The molecule has 2 heterocycles. The van der Waals surface area contributed by atoms with E-state index >= 15 is 0 Å². The third-order valence-electron chi connectivity index (χ3n) is 3.78. The van der Waals surface area contributed by atoms with Crippen molar-refractivity contribution >= 4 is 22.4 Å². The molecule has 0 fully saturated rings. The molecule has 9 heteroatoms. The fourth-order valence-corrected chi connectivity index (χ4v) is 3.30. The highest BCUT2D eigenvalue weighted by Gasteiger charge is 2.10. The Morgan fingerprint density at radius 2 is 2.04 bits per heavy atom. The molecule has 1 N–H and O–H groups in total. The molecule has 1 amide bonds. The van der Waals surface area contributed by atoms with Gasteiger partial charge in [0.15, 0.2) is 5.13 Å². The molecule has 0 bridgehead atoms. The molecule has 3 aromatic rings. The Labute approximate surface area is 158 Å². The van der Waals surface area contributed by atoms with Crippen LogP contribution < -0.4 is 10.1 Å². The lowest BCUT2D eigenvalue weighted by Crippen LogP contribution is -2.15. The van der Waals surface area contributed by atoms with E-state index in [1.165, 1.54) is 23.5 Å². The molecule has 142 valence electrons. The van der Waals surface area contributed by atoms with E-state index in [1.807, 2.05) is 19.9 Å². The van der Waals surface area contributed by atoms with Gasteiger partial charge in [-0.1, -0.05) is 0 Å². The van der Waals surface area contributed by atoms with Gasteiger partial charge in [-0.05, 0) is 44.2 Å². The molecule has 27 heavy (non-hydrogen) atoms. The van der Waals surface area contributed by atoms with Crippen molar-refractivity contribution in [2.24, 2.45) is 0 Å². The number of hydrogen-bond donors (Lipinski definition) is 1. The van der Waals surface area contributed by atoms with Crippen LogP contribution in [0.15, 0.2) is 35.7 Å². The summed E-state index contributed by atoms with van der Waals surface area (Å²) in [4.78, 5) is 16.5. The first-order valence-electron chi connectivity index (χ1n) is 8.22. The Morgan fingerprint density at radius 1 is 1.30 bits per heavy atom. The summed E-state index contributed by atoms with van der Waals surface area (Å²) in [6.45, 7) is 1.50. The summed E-state index contributed by atoms with van der Waals surface area (Å²) in [5, 5.41) is 9.37. The Hall–Kier alpha value is -2.81. The number of ether oxygens (including phenoxy) is 1. The third-order valence-corrected chi connectivity index (χ3v) is 4.54. The number of alkyl halides is 2. The van der Waals surface area contributed by atoms with Crippen LogP contribution in [0.2, 0.25) is 0 Å². The van der Waals surface area contributed by atoms with Crippen molar-refractivity contribution in [1.29, 1.82) is 0 Å². The Bertz CT molecular complexity index is 922. The zero-order valence-corrected chi connectivity index (χ0v) is 15.6. The number of anilines is 1. The van der Waals surface area contributed by atoms with Crippen LogP contribution in [0.5, 0.6) is 5.75 Å². The molecule has 3 rings (SSSR count). The molecule has 0 radical (unpaired) electrons. The lowest BCUT2D eigenvalue weighted by molar-refractivity contribution is -0.116. The van der Waals surface area contributed by atoms with E-state index in [2.05, 4.69) is 20.1 Å². The number of nitrogens with zero attached hydrogens (tertiary/aromatic N) is 3. The molecule has 0 spiro atoms. The van der Waals surface area contributed by atoms with Crippen molar-refractivity contribution in [1.82, 2.24) is 14.8 Å². The van der Waals surface area contributed by atoms with Crippen molar-refractivity contribution in [3.63, 3.8) is 0 Å². The SMILES string of the molecule is Cc1cc(C)n(CCC(=O)Nc2nc(-c3ccc(OC(F)F)cc3)cs2)n1. The van der Waals surface area contributed by atoms with Gasteiger partial charge in [0.1, 0.15) is 5.75 Å². The van der Waals surface area contributed by atoms with Gasteiger partial charge in [0.2, 0.25) is 5.91 Å². The topological polar surface area (TPSA) is 69.0 Å². The summed E-state index contributed by atoms with van der Waals surface area (Å²) in [7, 11) is 0. The normalized spacial score (nSPS) is 11.0. The van der Waals surface area contributed by atoms with Gasteiger partial charge in [-0.15, -0.1) is 11.3 Å². The van der Waals surface area contributed by atoms with Crippen molar-refractivity contribution in [3.8, 4) is 17.0 Å². The number of aromatic nitrogens is 3. The molecule has 0 unspecified atom stereocenters. The molecule has 0 aliphatic carbocycles. The van der Waals surface area contributed by atoms with Gasteiger partial charge in [-0.2, -0.15) is 13.9 Å². The molecule has 0 aliphatic heterocycles. The van der Waals surface area contributed by atoms with Gasteiger partial charge in [0.05, 0.1) is 11.4 Å². The van der Waals surface area contributed by atoms with Crippen LogP contribution in [0.4, 0.5) is 13.9 Å². The van der Waals surface area contributed by atoms with Gasteiger partial charge in [-0.25, -0.2) is 4.98 Å². The van der Waals surface area contributed by atoms with Gasteiger partial charge in [-0.3, -0.25) is 9.48 Å². The first-order valence-corrected chi connectivity index (χ1v) is 9.10. The maximum Gasteiger partial charge on any atom is 0.387 e. The fraction of sp³-hybridized carbons (Fsp3) is 0.278. The number of carbonyl (C=O) groups is 1. The minimum absolute atomic E-state index is 0.0849. The number of benzene rings is 1. The maximum atomic E-state index is 12.2. The van der Waals surface area contributed by atoms with Crippen molar-refractivity contribution in [2.75, 3.05) is 5.32 Å². The van der Waals surface area contributed by atoms with Crippen LogP contribution in [-0.4, -0.2) is 27.3 Å². The zero-order valence-electron chi connectivity index (χ0n) is 14.8. The Kier molecular flexibility index (Phi) is 5.80. The van der Waals surface area contributed by atoms with Crippen LogP contribution in [0.3, 0.4) is 0 Å². The number of thiazole rings is 1. The third kappa shape index (κ3) is 5.10. The van der Waals surface area contributed by atoms with E-state index in [4.69, 9.17) is 0 Å². The smallest absolute Gasteiger partial charge is 0.387 e. The van der Waals surface area contributed by atoms with Crippen LogP contribution >= 0.6 is 11.3 Å². The highest BCUT2D eigenvalue weighted by Crippen LogP contribution is 2.27. The predicted molar refractivity (Wildman–Crippen MR) is 99.1 cm³/mol. The summed E-state index contributed by atoms with van der Waals surface area (Å²) in [5.74, 6) is -0.0641. The summed E-state index contributed by atoms with van der Waals surface area (Å²) >= 11 is 1.30. The Morgan fingerprint density at radius 3 is 2.67 bits per heavy atom. The average molecular weight is 392 g/mol. The molecular weight excluding hydrogens is 374 g/mol. The van der Waals surface area contributed by atoms with Gasteiger partial charge >= 0.3 is 6.61 Å². The second kappa shape index (κ2) is 8.26. The molecule has 2 aromatic heterocycles. The maximum absolute atomic E-state index is 12.2.